The lowest BCUT2D eigenvalue weighted by Gasteiger charge is -2.23. The summed E-state index contributed by atoms with van der Waals surface area (Å²) in [6.45, 7) is 1.80. The molecule has 1 amide bonds. The minimum atomic E-state index is -4.42. The average Bonchev–Trinajstić information content (AvgIpc) is 3.18. The molecule has 2 heterocycles. The number of carbonyl (C=O) groups excluding carboxylic acids is 1. The lowest BCUT2D eigenvalue weighted by Crippen LogP contribution is -2.31. The second kappa shape index (κ2) is 7.82. The van der Waals surface area contributed by atoms with E-state index in [1.807, 2.05) is 0 Å². The highest BCUT2D eigenvalue weighted by Crippen LogP contribution is 2.36. The van der Waals surface area contributed by atoms with E-state index in [0.717, 1.165) is 12.1 Å². The van der Waals surface area contributed by atoms with Crippen molar-refractivity contribution in [1.82, 2.24) is 5.32 Å². The number of hydrogen-bond acceptors (Lipinski definition) is 3. The second-order valence-corrected chi connectivity index (χ2v) is 7.02. The molecule has 1 aliphatic heterocycles. The van der Waals surface area contributed by atoms with Crippen LogP contribution < -0.4 is 5.32 Å². The predicted molar refractivity (Wildman–Crippen MR) is 107 cm³/mol. The van der Waals surface area contributed by atoms with Crippen molar-refractivity contribution >= 4 is 17.3 Å². The molecule has 1 N–H and O–H groups in total. The van der Waals surface area contributed by atoms with E-state index in [2.05, 4.69) is 10.3 Å². The van der Waals surface area contributed by atoms with Crippen LogP contribution >= 0.6 is 0 Å². The fourth-order valence-corrected chi connectivity index (χ4v) is 3.31. The predicted octanol–water partition coefficient (Wildman–Crippen LogP) is 5.53. The molecular formula is C23H19F3N2O2. The number of carbonyl (C=O) groups is 1. The first kappa shape index (κ1) is 18.7. The maximum Gasteiger partial charge on any atom is 0.416 e. The lowest BCUT2D eigenvalue weighted by molar-refractivity contribution is -0.137. The van der Waals surface area contributed by atoms with E-state index >= 15 is 0 Å². The lowest BCUT2D eigenvalue weighted by atomic mass is 9.88. The van der Waals surface area contributed by atoms with Crippen LogP contribution in [0.4, 0.5) is 18.9 Å². The first-order valence-electron chi connectivity index (χ1n) is 9.85. The van der Waals surface area contributed by atoms with E-state index in [-0.39, 0.29) is 13.0 Å². The van der Waals surface area contributed by atoms with Gasteiger partial charge >= 0.3 is 6.18 Å². The molecular weight excluding hydrogens is 393 g/mol. The van der Waals surface area contributed by atoms with Gasteiger partial charge in [0, 0.05) is 14.3 Å². The Hall–Kier alpha value is -3.35. The van der Waals surface area contributed by atoms with E-state index < -0.39 is 23.5 Å². The van der Waals surface area contributed by atoms with E-state index in [4.69, 9.17) is 5.79 Å². The summed E-state index contributed by atoms with van der Waals surface area (Å²) in [5, 5.41) is 2.69. The summed E-state index contributed by atoms with van der Waals surface area (Å²) in [5.74, 6) is -1.02. The van der Waals surface area contributed by atoms with Gasteiger partial charge in [-0.2, -0.15) is 13.2 Å². The number of nitrogens with one attached hydrogen (secondary N) is 1. The molecule has 1 aromatic heterocycles. The summed E-state index contributed by atoms with van der Waals surface area (Å²) < 4.78 is 52.8. The van der Waals surface area contributed by atoms with Gasteiger partial charge in [0.15, 0.2) is 0 Å². The molecule has 7 heteroatoms. The van der Waals surface area contributed by atoms with Crippen molar-refractivity contribution in [2.24, 2.45) is 4.99 Å². The van der Waals surface area contributed by atoms with E-state index in [0.29, 0.717) is 34.0 Å². The summed E-state index contributed by atoms with van der Waals surface area (Å²) in [7, 11) is 0. The van der Waals surface area contributed by atoms with Gasteiger partial charge in [-0.1, -0.05) is 30.3 Å². The monoisotopic (exact) mass is 413 g/mol. The number of alkyl halides is 3. The number of nitrogens with zero attached hydrogens (tertiary/aromatic N) is 1. The summed E-state index contributed by atoms with van der Waals surface area (Å²) >= 11 is 0. The molecule has 1 aliphatic rings. The number of amides is 1. The summed E-state index contributed by atoms with van der Waals surface area (Å²) in [4.78, 5) is 17.7. The maximum atomic E-state index is 13.1. The Kier molecular flexibility index (Phi) is 4.86. The Labute approximate surface area is 172 Å². The second-order valence-electron chi connectivity index (χ2n) is 7.02. The Morgan fingerprint density at radius 2 is 1.90 bits per heavy atom. The van der Waals surface area contributed by atoms with Crippen LogP contribution in [0.15, 0.2) is 70.1 Å². The van der Waals surface area contributed by atoms with Gasteiger partial charge in [0.2, 0.25) is 5.91 Å². The van der Waals surface area contributed by atoms with Gasteiger partial charge in [0.05, 0.1) is 22.9 Å². The van der Waals surface area contributed by atoms with Gasteiger partial charge in [-0.3, -0.25) is 4.79 Å². The van der Waals surface area contributed by atoms with Crippen molar-refractivity contribution in [2.75, 3.05) is 0 Å². The van der Waals surface area contributed by atoms with Crippen LogP contribution in [0.3, 0.4) is 0 Å². The zero-order valence-corrected chi connectivity index (χ0v) is 16.1. The molecule has 0 bridgehead atoms. The molecule has 2 aromatic carbocycles. The summed E-state index contributed by atoms with van der Waals surface area (Å²) in [6.07, 6.45) is -4.41. The zero-order chi connectivity index (χ0) is 22.2. The van der Waals surface area contributed by atoms with E-state index in [1.165, 1.54) is 12.1 Å². The number of rotatable bonds is 4. The molecule has 0 fully saturated rings. The third-order valence-electron chi connectivity index (χ3n) is 4.86. The fraction of sp³-hybridized carbons (Fsp3) is 0.217. The van der Waals surface area contributed by atoms with Gasteiger partial charge in [0.1, 0.15) is 11.5 Å². The zero-order valence-electron chi connectivity index (χ0n) is 17.1. The molecule has 1 unspecified atom stereocenters. The number of hydrogen-bond donors (Lipinski definition) is 1. The fourth-order valence-electron chi connectivity index (χ4n) is 3.31. The van der Waals surface area contributed by atoms with Crippen LogP contribution in [0.2, 0.25) is 0 Å². The Morgan fingerprint density at radius 1 is 1.17 bits per heavy atom. The number of aliphatic imine (C=N–C) groups is 1. The van der Waals surface area contributed by atoms with Crippen molar-refractivity contribution in [3.63, 3.8) is 0 Å². The van der Waals surface area contributed by atoms with Crippen molar-refractivity contribution < 1.29 is 23.8 Å². The third kappa shape index (κ3) is 4.15. The van der Waals surface area contributed by atoms with E-state index in [9.17, 15) is 18.0 Å². The molecule has 0 spiro atoms. The van der Waals surface area contributed by atoms with Crippen molar-refractivity contribution in [1.29, 1.82) is 0 Å². The molecule has 1 atom stereocenters. The largest absolute Gasteiger partial charge is 0.460 e. The normalized spacial score (nSPS) is 18.9. The quantitative estimate of drug-likeness (QED) is 0.611. The van der Waals surface area contributed by atoms with Gasteiger partial charge in [-0.25, -0.2) is 4.99 Å². The number of furan rings is 1. The van der Waals surface area contributed by atoms with Gasteiger partial charge in [-0.15, -0.1) is 0 Å². The molecule has 0 radical (unpaired) electrons. The van der Waals surface area contributed by atoms with Gasteiger partial charge in [0.25, 0.3) is 0 Å². The maximum absolute atomic E-state index is 13.1. The topological polar surface area (TPSA) is 54.6 Å². The molecule has 4 rings (SSSR count). The van der Waals surface area contributed by atoms with Crippen LogP contribution in [0.1, 0.15) is 41.9 Å². The van der Waals surface area contributed by atoms with Crippen LogP contribution in [0, 0.1) is 6.92 Å². The SMILES string of the molecule is [2H]C1(C(=O)NCc2ccc(C(F)(F)F)cc2)CC(c2ccc(C)o2)=Nc2ccccc21. The highest BCUT2D eigenvalue weighted by atomic mass is 19.4. The number of fused-ring (bicyclic) bond motifs is 1. The average molecular weight is 413 g/mol. The third-order valence-corrected chi connectivity index (χ3v) is 4.86. The number of halogens is 3. The smallest absolute Gasteiger partial charge is 0.416 e. The van der Waals surface area contributed by atoms with Crippen LogP contribution in [-0.2, 0) is 17.5 Å². The number of aryl methyl sites for hydroxylation is 1. The Morgan fingerprint density at radius 3 is 2.57 bits per heavy atom. The molecule has 0 saturated heterocycles. The minimum Gasteiger partial charge on any atom is -0.460 e. The van der Waals surface area contributed by atoms with Crippen molar-refractivity contribution in [3.8, 4) is 0 Å². The Bertz CT molecular complexity index is 1150. The van der Waals surface area contributed by atoms with E-state index in [1.54, 1.807) is 43.3 Å². The van der Waals surface area contributed by atoms with Crippen LogP contribution in [0.25, 0.3) is 0 Å². The minimum absolute atomic E-state index is 0.00606. The molecule has 0 aliphatic carbocycles. The van der Waals surface area contributed by atoms with Crippen molar-refractivity contribution in [2.45, 2.75) is 32.0 Å². The number of benzene rings is 2. The molecule has 30 heavy (non-hydrogen) atoms. The molecule has 154 valence electrons. The first-order chi connectivity index (χ1) is 14.7. The standard InChI is InChI=1S/C23H19F3N2O2/c1-14-6-11-21(30-14)20-12-18(17-4-2-3-5-19(17)28-20)22(29)27-13-15-7-9-16(10-8-15)23(24,25)26/h2-11,18H,12-13H2,1H3,(H,27,29)/i18D. The first-order valence-corrected chi connectivity index (χ1v) is 9.35. The molecule has 0 saturated carbocycles. The number of para-hydroxylation sites is 1. The van der Waals surface area contributed by atoms with Crippen LogP contribution in [-0.4, -0.2) is 11.6 Å². The summed E-state index contributed by atoms with van der Waals surface area (Å²) in [6, 6.07) is 15.0. The van der Waals surface area contributed by atoms with Gasteiger partial charge < -0.3 is 9.73 Å². The van der Waals surface area contributed by atoms with Crippen molar-refractivity contribution in [3.05, 3.63) is 88.9 Å². The highest BCUT2D eigenvalue weighted by molar-refractivity contribution is 6.05. The Balaban J connectivity index is 1.57. The summed E-state index contributed by atoms with van der Waals surface area (Å²) in [5.41, 5.74) is 1.22. The molecule has 3 aromatic rings. The van der Waals surface area contributed by atoms with Crippen LogP contribution in [0.5, 0.6) is 0 Å². The van der Waals surface area contributed by atoms with Gasteiger partial charge in [-0.05, 0) is 48.4 Å². The molecule has 4 nitrogen and oxygen atoms in total. The highest BCUT2D eigenvalue weighted by Gasteiger charge is 2.31.